The monoisotopic (exact) mass is 718 g/mol. The molecule has 0 fully saturated rings. The third-order valence-electron chi connectivity index (χ3n) is 10.2. The normalized spacial score (nSPS) is 11.4. The van der Waals surface area contributed by atoms with Crippen molar-refractivity contribution in [2.24, 2.45) is 0 Å². The second-order valence-corrected chi connectivity index (χ2v) is 13.3. The molecule has 0 aliphatic carbocycles. The van der Waals surface area contributed by atoms with Crippen molar-refractivity contribution in [3.8, 4) is 44.5 Å². The average Bonchev–Trinajstić information content (AvgIpc) is 4.10. The van der Waals surface area contributed by atoms with E-state index in [1.54, 1.807) is 24.3 Å². The fraction of sp³-hybridized carbons (Fsp3) is 0. The summed E-state index contributed by atoms with van der Waals surface area (Å²) >= 11 is 0. The molecule has 2 aliphatic heterocycles. The van der Waals surface area contributed by atoms with Crippen LogP contribution in [0.2, 0.25) is 0 Å². The van der Waals surface area contributed by atoms with Crippen LogP contribution in [0.5, 0.6) is 0 Å². The molecule has 4 aromatic carbocycles. The van der Waals surface area contributed by atoms with Gasteiger partial charge in [-0.2, -0.15) is 0 Å². The van der Waals surface area contributed by atoms with Crippen molar-refractivity contribution in [1.29, 1.82) is 0 Å². The summed E-state index contributed by atoms with van der Waals surface area (Å²) in [5, 5.41) is 0. The van der Waals surface area contributed by atoms with Crippen LogP contribution in [0.25, 0.3) is 90.9 Å². The zero-order valence-electron chi connectivity index (χ0n) is 29.7. The first-order valence-electron chi connectivity index (χ1n) is 17.9. The summed E-state index contributed by atoms with van der Waals surface area (Å²) < 4.78 is 50.0. The number of nitrogens with one attached hydrogen (secondary N) is 2. The third-order valence-corrected chi connectivity index (χ3v) is 10.2. The molecule has 8 bridgehead atoms. The second-order valence-electron chi connectivity index (χ2n) is 13.3. The van der Waals surface area contributed by atoms with E-state index >= 15 is 0 Å². The number of nitrogens with zero attached hydrogens (tertiary/aromatic N) is 2. The molecule has 12 heteroatoms. The molecule has 9 rings (SSSR count). The van der Waals surface area contributed by atoms with E-state index in [1.807, 2.05) is 121 Å². The van der Waals surface area contributed by atoms with Gasteiger partial charge in [0, 0.05) is 0 Å². The van der Waals surface area contributed by atoms with Crippen molar-refractivity contribution in [2.75, 3.05) is 0 Å². The molecule has 258 valence electrons. The van der Waals surface area contributed by atoms with E-state index in [0.717, 1.165) is 28.6 Å². The van der Waals surface area contributed by atoms with Gasteiger partial charge in [-0.05, 0) is 0 Å². The van der Waals surface area contributed by atoms with Gasteiger partial charge < -0.3 is 0 Å². The van der Waals surface area contributed by atoms with E-state index in [4.69, 9.17) is 9.97 Å². The molecular weight excluding hydrogens is 692 g/mol. The summed E-state index contributed by atoms with van der Waals surface area (Å²) in [6, 6.07) is 37.2. The Morgan fingerprint density at radius 2 is 0.554 bits per heavy atom. The van der Waals surface area contributed by atoms with Crippen LogP contribution in [-0.4, -0.2) is 48.5 Å². The first-order valence-corrected chi connectivity index (χ1v) is 17.9. The zero-order valence-corrected chi connectivity index (χ0v) is 29.7. The van der Waals surface area contributed by atoms with Crippen LogP contribution in [0.3, 0.4) is 0 Å². The molecule has 5 heterocycles. The number of hydrogen-bond donors (Lipinski definition) is 2. The average molecular weight is 718 g/mol. The molecule has 2 N–H and O–H groups in total. The van der Waals surface area contributed by atoms with Gasteiger partial charge in [-0.3, -0.25) is 0 Å². The van der Waals surface area contributed by atoms with E-state index in [9.17, 15) is 18.8 Å². The second kappa shape index (κ2) is 14.6. The van der Waals surface area contributed by atoms with Gasteiger partial charge in [0.2, 0.25) is 0 Å². The molecule has 56 heavy (non-hydrogen) atoms. The number of aromatic nitrogens is 4. The molecule has 7 aromatic rings. The fourth-order valence-corrected chi connectivity index (χ4v) is 7.65. The predicted octanol–water partition coefficient (Wildman–Crippen LogP) is 6.02. The van der Waals surface area contributed by atoms with E-state index < -0.39 is 0 Å². The Morgan fingerprint density at radius 1 is 0.321 bits per heavy atom. The Morgan fingerprint density at radius 3 is 0.786 bits per heavy atom. The number of aromatic amines is 2. The van der Waals surface area contributed by atoms with Gasteiger partial charge in [0.05, 0.1) is 0 Å². The fourth-order valence-electron chi connectivity index (χ4n) is 7.65. The Balaban J connectivity index is 1.53. The molecule has 3 aromatic heterocycles. The SMILES string of the molecule is O=Bc1ccccc1-c1c2nc(c(-c3ccccc3B=O)c3ccc([nH]3)c(-c3ccccc3B=O)c3nc(c(-c4ccccc4B=O)c4ccc1[nH]4)C=C3)C=C2. The van der Waals surface area contributed by atoms with Gasteiger partial charge in [0.1, 0.15) is 0 Å². The predicted molar refractivity (Wildman–Crippen MR) is 225 cm³/mol. The van der Waals surface area contributed by atoms with E-state index in [2.05, 4.69) is 9.97 Å². The van der Waals surface area contributed by atoms with Gasteiger partial charge in [-0.25, -0.2) is 0 Å². The molecule has 0 saturated heterocycles. The molecule has 0 saturated carbocycles. The zero-order chi connectivity index (χ0) is 38.2. The molecular formula is C44H26B4N4O4. The molecule has 0 unspecified atom stereocenters. The van der Waals surface area contributed by atoms with Gasteiger partial charge in [-0.15, -0.1) is 0 Å². The van der Waals surface area contributed by atoms with Gasteiger partial charge >= 0.3 is 324 Å². The van der Waals surface area contributed by atoms with Crippen LogP contribution in [0, 0.1) is 0 Å². The molecule has 0 amide bonds. The van der Waals surface area contributed by atoms with Gasteiger partial charge in [-0.1, -0.05) is 0 Å². The van der Waals surface area contributed by atoms with Crippen molar-refractivity contribution in [3.63, 3.8) is 0 Å². The Kier molecular flexibility index (Phi) is 9.07. The summed E-state index contributed by atoms with van der Waals surface area (Å²) in [7, 11) is 3.32. The van der Waals surface area contributed by atoms with Crippen LogP contribution >= 0.6 is 0 Å². The van der Waals surface area contributed by atoms with Crippen molar-refractivity contribution in [1.82, 2.24) is 19.9 Å². The number of benzene rings is 4. The quantitative estimate of drug-likeness (QED) is 0.185. The van der Waals surface area contributed by atoms with Crippen molar-refractivity contribution >= 4 is 96.8 Å². The molecule has 0 atom stereocenters. The summed E-state index contributed by atoms with van der Waals surface area (Å²) in [6.45, 7) is 0. The van der Waals surface area contributed by atoms with Crippen molar-refractivity contribution in [3.05, 3.63) is 144 Å². The number of fused-ring (bicyclic) bond motifs is 8. The Hall–Kier alpha value is -7.06. The van der Waals surface area contributed by atoms with E-state index in [-0.39, 0.29) is 0 Å². The van der Waals surface area contributed by atoms with Crippen LogP contribution in [0.1, 0.15) is 22.8 Å². The summed E-state index contributed by atoms with van der Waals surface area (Å²) in [4.78, 5) is 17.7. The van der Waals surface area contributed by atoms with Crippen molar-refractivity contribution in [2.45, 2.75) is 0 Å². The van der Waals surface area contributed by atoms with Gasteiger partial charge in [0.15, 0.2) is 0 Å². The topological polar surface area (TPSA) is 126 Å². The van der Waals surface area contributed by atoms with E-state index in [0.29, 0.717) is 111 Å². The van der Waals surface area contributed by atoms with Crippen LogP contribution in [0.15, 0.2) is 121 Å². The summed E-state index contributed by atoms with van der Waals surface area (Å²) in [5.41, 5.74) is 12.5. The number of rotatable bonds is 8. The molecule has 8 nitrogen and oxygen atoms in total. The van der Waals surface area contributed by atoms with Crippen molar-refractivity contribution < 1.29 is 18.8 Å². The number of H-pyrrole nitrogens is 2. The van der Waals surface area contributed by atoms with Crippen LogP contribution in [-0.2, 0) is 18.8 Å². The molecule has 0 radical (unpaired) electrons. The first-order chi connectivity index (χ1) is 27.6. The maximum absolute atomic E-state index is 12.5. The van der Waals surface area contributed by atoms with E-state index in [1.165, 1.54) is 0 Å². The summed E-state index contributed by atoms with van der Waals surface area (Å²) in [5.74, 6) is 0. The Labute approximate surface area is 323 Å². The number of hydrogen-bond acceptors (Lipinski definition) is 6. The molecule has 2 aliphatic rings. The maximum atomic E-state index is 12.5. The third kappa shape index (κ3) is 5.96. The first kappa shape index (κ1) is 34.7. The van der Waals surface area contributed by atoms with Crippen LogP contribution < -0.4 is 21.9 Å². The minimum atomic E-state index is 0.485. The Bertz CT molecular complexity index is 2640. The van der Waals surface area contributed by atoms with Crippen LogP contribution in [0.4, 0.5) is 0 Å². The summed E-state index contributed by atoms with van der Waals surface area (Å²) in [6.07, 6.45) is 7.64. The standard InChI is InChI=1S/C44H26B4N4O4/c53-45-29-13-5-1-9-25(29)41-33-17-19-35(49-33)42(26-10-2-6-14-30(26)46-54)37-21-23-39(51-37)44(28-12-4-8-16-32(28)48-56)40-24-22-38(52-40)43(36-20-18-34(41)50-36)27-11-3-7-15-31(27)47-55/h1-24,49,52H. The molecule has 0 spiro atoms. The minimum absolute atomic E-state index is 0.485. The van der Waals surface area contributed by atoms with Gasteiger partial charge in [0.25, 0.3) is 0 Å².